The van der Waals surface area contributed by atoms with Gasteiger partial charge >= 0.3 is 11.9 Å². The molecule has 0 aliphatic rings. The highest BCUT2D eigenvalue weighted by atomic mass is 19.1. The summed E-state index contributed by atoms with van der Waals surface area (Å²) in [5.41, 5.74) is 1.32. The Balaban J connectivity index is 2.08. The van der Waals surface area contributed by atoms with E-state index in [9.17, 15) is 14.0 Å². The van der Waals surface area contributed by atoms with Crippen molar-refractivity contribution in [3.8, 4) is 11.5 Å². The lowest BCUT2D eigenvalue weighted by Crippen LogP contribution is -2.12. The number of carbonyl (C=O) groups is 2. The number of hydrogen-bond acceptors (Lipinski definition) is 5. The second-order valence-electron chi connectivity index (χ2n) is 5.04. The van der Waals surface area contributed by atoms with Crippen molar-refractivity contribution in [1.29, 1.82) is 0 Å². The molecule has 0 bridgehead atoms. The molecule has 0 saturated heterocycles. The van der Waals surface area contributed by atoms with Gasteiger partial charge in [0.2, 0.25) is 0 Å². The van der Waals surface area contributed by atoms with E-state index in [2.05, 4.69) is 4.74 Å². The summed E-state index contributed by atoms with van der Waals surface area (Å²) in [6.45, 7) is 0. The maximum absolute atomic E-state index is 12.9. The molecule has 6 heteroatoms. The van der Waals surface area contributed by atoms with Crippen molar-refractivity contribution in [2.24, 2.45) is 0 Å². The quantitative estimate of drug-likeness (QED) is 0.458. The van der Waals surface area contributed by atoms with Crippen LogP contribution in [-0.2, 0) is 20.7 Å². The SMILES string of the molecule is COC(=O)/C=C/c1ccc(OC(=O)Cc2ccc(F)cc2)c(OC)c1. The molecule has 0 spiro atoms. The molecule has 25 heavy (non-hydrogen) atoms. The molecule has 0 atom stereocenters. The fraction of sp³-hybridized carbons (Fsp3) is 0.158. The predicted molar refractivity (Wildman–Crippen MR) is 89.8 cm³/mol. The fourth-order valence-corrected chi connectivity index (χ4v) is 2.03. The number of methoxy groups -OCH3 is 2. The van der Waals surface area contributed by atoms with Gasteiger partial charge in [-0.1, -0.05) is 18.2 Å². The fourth-order valence-electron chi connectivity index (χ4n) is 2.03. The first-order chi connectivity index (χ1) is 12.0. The van der Waals surface area contributed by atoms with Crippen molar-refractivity contribution < 1.29 is 28.2 Å². The van der Waals surface area contributed by atoms with Crippen LogP contribution in [-0.4, -0.2) is 26.2 Å². The molecule has 0 aromatic heterocycles. The van der Waals surface area contributed by atoms with E-state index in [1.807, 2.05) is 0 Å². The average molecular weight is 344 g/mol. The number of esters is 2. The zero-order chi connectivity index (χ0) is 18.2. The molecular weight excluding hydrogens is 327 g/mol. The second-order valence-corrected chi connectivity index (χ2v) is 5.04. The maximum Gasteiger partial charge on any atom is 0.330 e. The van der Waals surface area contributed by atoms with E-state index in [1.165, 1.54) is 44.6 Å². The minimum atomic E-state index is -0.497. The first-order valence-electron chi connectivity index (χ1n) is 7.41. The van der Waals surface area contributed by atoms with E-state index in [1.54, 1.807) is 24.3 Å². The van der Waals surface area contributed by atoms with E-state index in [0.29, 0.717) is 16.9 Å². The van der Waals surface area contributed by atoms with Gasteiger partial charge in [0.15, 0.2) is 11.5 Å². The zero-order valence-corrected chi connectivity index (χ0v) is 13.8. The third-order valence-corrected chi connectivity index (χ3v) is 3.29. The number of hydrogen-bond donors (Lipinski definition) is 0. The van der Waals surface area contributed by atoms with Crippen molar-refractivity contribution in [2.45, 2.75) is 6.42 Å². The first-order valence-corrected chi connectivity index (χ1v) is 7.41. The molecule has 5 nitrogen and oxygen atoms in total. The average Bonchev–Trinajstić information content (AvgIpc) is 2.62. The van der Waals surface area contributed by atoms with Gasteiger partial charge in [0, 0.05) is 6.08 Å². The zero-order valence-electron chi connectivity index (χ0n) is 13.8. The smallest absolute Gasteiger partial charge is 0.330 e. The summed E-state index contributed by atoms with van der Waals surface area (Å²) in [6.07, 6.45) is 2.83. The Kier molecular flexibility index (Phi) is 6.28. The number of benzene rings is 2. The van der Waals surface area contributed by atoms with Crippen LogP contribution >= 0.6 is 0 Å². The van der Waals surface area contributed by atoms with Gasteiger partial charge in [-0.25, -0.2) is 9.18 Å². The van der Waals surface area contributed by atoms with Crippen LogP contribution in [0.25, 0.3) is 6.08 Å². The summed E-state index contributed by atoms with van der Waals surface area (Å²) in [7, 11) is 2.73. The molecule has 0 radical (unpaired) electrons. The topological polar surface area (TPSA) is 61.8 Å². The van der Waals surface area contributed by atoms with E-state index < -0.39 is 11.9 Å². The first kappa shape index (κ1) is 18.2. The highest BCUT2D eigenvalue weighted by Gasteiger charge is 2.11. The number of carbonyl (C=O) groups excluding carboxylic acids is 2. The molecule has 0 unspecified atom stereocenters. The second kappa shape index (κ2) is 8.63. The standard InChI is InChI=1S/C19H17FO5/c1-23-17-11-13(6-10-18(21)24-2)5-9-16(17)25-19(22)12-14-3-7-15(20)8-4-14/h3-11H,12H2,1-2H3/b10-6+. The van der Waals surface area contributed by atoms with Gasteiger partial charge < -0.3 is 14.2 Å². The summed E-state index contributed by atoms with van der Waals surface area (Å²) in [4.78, 5) is 23.1. The van der Waals surface area contributed by atoms with Crippen molar-refractivity contribution in [1.82, 2.24) is 0 Å². The van der Waals surface area contributed by atoms with E-state index in [0.717, 1.165) is 0 Å². The van der Waals surface area contributed by atoms with Crippen molar-refractivity contribution in [3.05, 3.63) is 65.5 Å². The van der Waals surface area contributed by atoms with Crippen molar-refractivity contribution >= 4 is 18.0 Å². The molecule has 2 rings (SSSR count). The Bertz CT molecular complexity index is 781. The molecule has 0 aliphatic carbocycles. The summed E-state index contributed by atoms with van der Waals surface area (Å²) < 4.78 is 27.9. The van der Waals surface area contributed by atoms with Crippen LogP contribution in [0.4, 0.5) is 4.39 Å². The molecule has 130 valence electrons. The lowest BCUT2D eigenvalue weighted by molar-refractivity contribution is -0.135. The van der Waals surface area contributed by atoms with E-state index >= 15 is 0 Å². The minimum absolute atomic E-state index is 0.00737. The highest BCUT2D eigenvalue weighted by Crippen LogP contribution is 2.29. The summed E-state index contributed by atoms with van der Waals surface area (Å²) >= 11 is 0. The molecule has 0 amide bonds. The normalized spacial score (nSPS) is 10.5. The van der Waals surface area contributed by atoms with Crippen LogP contribution < -0.4 is 9.47 Å². The molecule has 0 aliphatic heterocycles. The molecular formula is C19H17FO5. The molecule has 2 aromatic carbocycles. The van der Waals surface area contributed by atoms with Crippen LogP contribution in [0.15, 0.2) is 48.5 Å². The van der Waals surface area contributed by atoms with Crippen molar-refractivity contribution in [3.63, 3.8) is 0 Å². The summed E-state index contributed by atoms with van der Waals surface area (Å²) in [6, 6.07) is 10.5. The number of halogens is 1. The molecule has 0 fully saturated rings. The molecule has 0 saturated carbocycles. The Morgan fingerprint density at radius 2 is 1.76 bits per heavy atom. The van der Waals surface area contributed by atoms with Gasteiger partial charge in [0.05, 0.1) is 20.6 Å². The number of rotatable bonds is 6. The Labute approximate surface area is 144 Å². The summed E-state index contributed by atoms with van der Waals surface area (Å²) in [5.74, 6) is -0.741. The van der Waals surface area contributed by atoms with Gasteiger partial charge in [-0.2, -0.15) is 0 Å². The lowest BCUT2D eigenvalue weighted by atomic mass is 10.1. The van der Waals surface area contributed by atoms with Crippen LogP contribution in [0.3, 0.4) is 0 Å². The Hall–Kier alpha value is -3.15. The van der Waals surface area contributed by atoms with Crippen LogP contribution in [0.1, 0.15) is 11.1 Å². The monoisotopic (exact) mass is 344 g/mol. The largest absolute Gasteiger partial charge is 0.493 e. The van der Waals surface area contributed by atoms with Crippen LogP contribution in [0, 0.1) is 5.82 Å². The van der Waals surface area contributed by atoms with Gasteiger partial charge in [0.25, 0.3) is 0 Å². The molecule has 2 aromatic rings. The third-order valence-electron chi connectivity index (χ3n) is 3.29. The minimum Gasteiger partial charge on any atom is -0.493 e. The molecule has 0 heterocycles. The van der Waals surface area contributed by atoms with Crippen LogP contribution in [0.5, 0.6) is 11.5 Å². The maximum atomic E-state index is 12.9. The molecule has 0 N–H and O–H groups in total. The third kappa shape index (κ3) is 5.46. The van der Waals surface area contributed by atoms with Gasteiger partial charge in [-0.15, -0.1) is 0 Å². The number of ether oxygens (including phenoxy) is 3. The Morgan fingerprint density at radius 3 is 2.40 bits per heavy atom. The van der Waals surface area contributed by atoms with E-state index in [-0.39, 0.29) is 18.0 Å². The van der Waals surface area contributed by atoms with Gasteiger partial charge in [-0.05, 0) is 41.5 Å². The van der Waals surface area contributed by atoms with Crippen LogP contribution in [0.2, 0.25) is 0 Å². The van der Waals surface area contributed by atoms with Crippen molar-refractivity contribution in [2.75, 3.05) is 14.2 Å². The Morgan fingerprint density at radius 1 is 1.04 bits per heavy atom. The summed E-state index contributed by atoms with van der Waals surface area (Å²) in [5, 5.41) is 0. The lowest BCUT2D eigenvalue weighted by Gasteiger charge is -2.10. The van der Waals surface area contributed by atoms with Gasteiger partial charge in [0.1, 0.15) is 5.82 Å². The highest BCUT2D eigenvalue weighted by molar-refractivity contribution is 5.87. The van der Waals surface area contributed by atoms with E-state index in [4.69, 9.17) is 9.47 Å². The predicted octanol–water partition coefficient (Wildman–Crippen LogP) is 3.17. The van der Waals surface area contributed by atoms with Gasteiger partial charge in [-0.3, -0.25) is 4.79 Å².